The molecule has 2 aromatic rings. The average molecular weight is 288 g/mol. The van der Waals surface area contributed by atoms with Crippen LogP contribution in [0.5, 0.6) is 0 Å². The Morgan fingerprint density at radius 2 is 1.95 bits per heavy atom. The van der Waals surface area contributed by atoms with Crippen LogP contribution < -0.4 is 5.32 Å². The van der Waals surface area contributed by atoms with Crippen molar-refractivity contribution in [2.75, 3.05) is 12.0 Å². The summed E-state index contributed by atoms with van der Waals surface area (Å²) in [6.07, 6.45) is 1.68. The molecule has 0 aliphatic heterocycles. The fraction of sp³-hybridized carbons (Fsp3) is 0.308. The minimum absolute atomic E-state index is 0. The molecule has 1 aromatic carbocycles. The van der Waals surface area contributed by atoms with Gasteiger partial charge in [0.15, 0.2) is 0 Å². The van der Waals surface area contributed by atoms with Gasteiger partial charge in [-0.15, -0.1) is 12.4 Å². The van der Waals surface area contributed by atoms with E-state index in [0.29, 0.717) is 6.54 Å². The van der Waals surface area contributed by atoms with E-state index in [4.69, 9.17) is 0 Å². The van der Waals surface area contributed by atoms with Gasteiger partial charge < -0.3 is 5.32 Å². The number of hydrogen-bond acceptors (Lipinski definition) is 2. The first-order chi connectivity index (χ1) is 8.70. The third-order valence-electron chi connectivity index (χ3n) is 2.80. The van der Waals surface area contributed by atoms with Gasteiger partial charge >= 0.3 is 0 Å². The van der Waals surface area contributed by atoms with Gasteiger partial charge in [-0.2, -0.15) is 5.10 Å². The van der Waals surface area contributed by atoms with Gasteiger partial charge in [0, 0.05) is 6.54 Å². The van der Waals surface area contributed by atoms with Gasteiger partial charge in [0.1, 0.15) is 12.5 Å². The van der Waals surface area contributed by atoms with Gasteiger partial charge in [-0.25, -0.2) is 8.78 Å². The number of nitrogens with one attached hydrogen (secondary N) is 1. The van der Waals surface area contributed by atoms with E-state index in [0.717, 1.165) is 16.9 Å². The monoisotopic (exact) mass is 287 g/mol. The molecule has 0 fully saturated rings. The van der Waals surface area contributed by atoms with Crippen molar-refractivity contribution in [2.45, 2.75) is 20.0 Å². The van der Waals surface area contributed by atoms with Crippen molar-refractivity contribution in [1.82, 2.24) is 9.78 Å². The molecule has 0 unspecified atom stereocenters. The van der Waals surface area contributed by atoms with E-state index in [1.54, 1.807) is 23.0 Å². The molecule has 3 nitrogen and oxygen atoms in total. The predicted molar refractivity (Wildman–Crippen MR) is 73.9 cm³/mol. The van der Waals surface area contributed by atoms with E-state index in [1.807, 2.05) is 6.92 Å². The van der Waals surface area contributed by atoms with E-state index in [9.17, 15) is 8.78 Å². The summed E-state index contributed by atoms with van der Waals surface area (Å²) in [7, 11) is 0. The lowest BCUT2D eigenvalue weighted by Gasteiger charge is -2.06. The summed E-state index contributed by atoms with van der Waals surface area (Å²) in [5.74, 6) is -0.245. The Balaban J connectivity index is 0.00000180. The molecule has 0 bridgehead atoms. The molecular formula is C13H16ClF2N3. The molecule has 6 heteroatoms. The summed E-state index contributed by atoms with van der Waals surface area (Å²) in [4.78, 5) is 0. The van der Waals surface area contributed by atoms with Gasteiger partial charge in [-0.05, 0) is 24.6 Å². The number of halogens is 3. The van der Waals surface area contributed by atoms with Gasteiger partial charge in [0.25, 0.3) is 0 Å². The molecule has 0 spiro atoms. The van der Waals surface area contributed by atoms with Crippen LogP contribution in [-0.4, -0.2) is 16.5 Å². The highest BCUT2D eigenvalue weighted by Gasteiger charge is 2.05. The van der Waals surface area contributed by atoms with Gasteiger partial charge in [0.05, 0.1) is 24.1 Å². The second kappa shape index (κ2) is 7.09. The predicted octanol–water partition coefficient (Wildman–Crippen LogP) is 3.33. The highest BCUT2D eigenvalue weighted by molar-refractivity contribution is 5.85. The van der Waals surface area contributed by atoms with Crippen LogP contribution in [0.15, 0.2) is 30.5 Å². The number of anilines is 1. The smallest absolute Gasteiger partial charge is 0.123 e. The molecule has 1 N–H and O–H groups in total. The van der Waals surface area contributed by atoms with Crippen molar-refractivity contribution in [3.05, 3.63) is 47.5 Å². The van der Waals surface area contributed by atoms with E-state index >= 15 is 0 Å². The van der Waals surface area contributed by atoms with E-state index in [2.05, 4.69) is 10.4 Å². The lowest BCUT2D eigenvalue weighted by molar-refractivity contribution is 0.423. The third-order valence-corrected chi connectivity index (χ3v) is 2.80. The standard InChI is InChI=1S/C13H15F2N3.ClH/c1-10-13(9-17-18(10)7-6-14)16-8-11-2-4-12(15)5-3-11;/h2-5,9,16H,6-8H2,1H3;1H. The van der Waals surface area contributed by atoms with Crippen LogP contribution in [0.4, 0.5) is 14.5 Å². The van der Waals surface area contributed by atoms with Crippen molar-refractivity contribution < 1.29 is 8.78 Å². The van der Waals surface area contributed by atoms with E-state index in [1.165, 1.54) is 12.1 Å². The number of nitrogens with zero attached hydrogens (tertiary/aromatic N) is 2. The average Bonchev–Trinajstić information content (AvgIpc) is 2.71. The Labute approximate surface area is 117 Å². The first kappa shape index (κ1) is 15.4. The molecule has 0 atom stereocenters. The van der Waals surface area contributed by atoms with Crippen molar-refractivity contribution in [2.24, 2.45) is 0 Å². The third kappa shape index (κ3) is 3.92. The number of aromatic nitrogens is 2. The fourth-order valence-electron chi connectivity index (χ4n) is 1.73. The van der Waals surface area contributed by atoms with Gasteiger partial charge in [0.2, 0.25) is 0 Å². The molecule has 2 rings (SSSR count). The summed E-state index contributed by atoms with van der Waals surface area (Å²) in [5, 5.41) is 7.29. The first-order valence-corrected chi connectivity index (χ1v) is 5.77. The lowest BCUT2D eigenvalue weighted by Crippen LogP contribution is -2.05. The number of hydrogen-bond donors (Lipinski definition) is 1. The van der Waals surface area contributed by atoms with Crippen molar-refractivity contribution in [3.63, 3.8) is 0 Å². The second-order valence-electron chi connectivity index (χ2n) is 4.04. The molecule has 0 saturated carbocycles. The Morgan fingerprint density at radius 1 is 1.26 bits per heavy atom. The molecule has 0 radical (unpaired) electrons. The van der Waals surface area contributed by atoms with Crippen LogP contribution in [0.25, 0.3) is 0 Å². The van der Waals surface area contributed by atoms with Crippen molar-refractivity contribution in [1.29, 1.82) is 0 Å². The summed E-state index contributed by atoms with van der Waals surface area (Å²) in [6.45, 7) is 2.31. The molecular weight excluding hydrogens is 272 g/mol. The van der Waals surface area contributed by atoms with Crippen molar-refractivity contribution >= 4 is 18.1 Å². The number of aryl methyl sites for hydroxylation is 1. The Kier molecular flexibility index (Phi) is 5.76. The molecule has 1 aromatic heterocycles. The quantitative estimate of drug-likeness (QED) is 0.914. The number of alkyl halides is 1. The maximum atomic E-state index is 12.7. The normalized spacial score (nSPS) is 10.1. The summed E-state index contributed by atoms with van der Waals surface area (Å²) >= 11 is 0. The highest BCUT2D eigenvalue weighted by Crippen LogP contribution is 2.15. The molecule has 104 valence electrons. The van der Waals surface area contributed by atoms with Crippen LogP contribution in [0, 0.1) is 12.7 Å². The minimum Gasteiger partial charge on any atom is -0.378 e. The first-order valence-electron chi connectivity index (χ1n) is 5.77. The van der Waals surface area contributed by atoms with Crippen LogP contribution in [0.1, 0.15) is 11.3 Å². The summed E-state index contributed by atoms with van der Waals surface area (Å²) in [6, 6.07) is 6.31. The Bertz CT molecular complexity index is 511. The zero-order valence-corrected chi connectivity index (χ0v) is 11.4. The van der Waals surface area contributed by atoms with Crippen LogP contribution in [-0.2, 0) is 13.1 Å². The van der Waals surface area contributed by atoms with E-state index in [-0.39, 0.29) is 24.8 Å². The van der Waals surface area contributed by atoms with Gasteiger partial charge in [-0.3, -0.25) is 4.68 Å². The van der Waals surface area contributed by atoms with Crippen LogP contribution in [0.3, 0.4) is 0 Å². The molecule has 0 aliphatic rings. The second-order valence-corrected chi connectivity index (χ2v) is 4.04. The molecule has 0 saturated heterocycles. The fourth-order valence-corrected chi connectivity index (χ4v) is 1.73. The minimum atomic E-state index is -0.431. The topological polar surface area (TPSA) is 29.9 Å². The Hall–Kier alpha value is -1.62. The summed E-state index contributed by atoms with van der Waals surface area (Å²) < 4.78 is 26.6. The van der Waals surface area contributed by atoms with Crippen LogP contribution >= 0.6 is 12.4 Å². The highest BCUT2D eigenvalue weighted by atomic mass is 35.5. The molecule has 0 amide bonds. The van der Waals surface area contributed by atoms with Crippen molar-refractivity contribution in [3.8, 4) is 0 Å². The van der Waals surface area contributed by atoms with Gasteiger partial charge in [-0.1, -0.05) is 12.1 Å². The van der Waals surface area contributed by atoms with Crippen LogP contribution in [0.2, 0.25) is 0 Å². The maximum Gasteiger partial charge on any atom is 0.123 e. The zero-order valence-electron chi connectivity index (χ0n) is 10.6. The number of benzene rings is 1. The SMILES string of the molecule is Cc1c(NCc2ccc(F)cc2)cnn1CCF.Cl. The summed E-state index contributed by atoms with van der Waals surface area (Å²) in [5.41, 5.74) is 2.75. The maximum absolute atomic E-state index is 12.7. The van der Waals surface area contributed by atoms with E-state index < -0.39 is 6.67 Å². The largest absolute Gasteiger partial charge is 0.378 e. The lowest BCUT2D eigenvalue weighted by atomic mass is 10.2. The molecule has 0 aliphatic carbocycles. The zero-order chi connectivity index (χ0) is 13.0. The molecule has 19 heavy (non-hydrogen) atoms. The Morgan fingerprint density at radius 3 is 2.58 bits per heavy atom. The molecule has 1 heterocycles. The number of rotatable bonds is 5.